The summed E-state index contributed by atoms with van der Waals surface area (Å²) in [6.07, 6.45) is 7.75. The fourth-order valence-electron chi connectivity index (χ4n) is 0.275. The molecule has 0 N–H and O–H groups in total. The molecule has 1 aromatic heterocycles. The van der Waals surface area contributed by atoms with E-state index in [1.807, 2.05) is 0 Å². The first-order valence-corrected chi connectivity index (χ1v) is 1.75. The van der Waals surface area contributed by atoms with Crippen molar-refractivity contribution in [3.8, 4) is 12.5 Å². The van der Waals surface area contributed by atoms with Crippen LogP contribution >= 0.6 is 0 Å². The van der Waals surface area contributed by atoms with Crippen LogP contribution in [0.1, 0.15) is 0 Å². The fraction of sp³-hybridized carbons (Fsp3) is 0. The van der Waals surface area contributed by atoms with Crippen LogP contribution in [0.4, 0.5) is 0 Å². The van der Waals surface area contributed by atoms with Gasteiger partial charge in [0.1, 0.15) is 12.7 Å². The number of rotatable bonds is 0. The molecule has 0 fully saturated rings. The van der Waals surface area contributed by atoms with E-state index < -0.39 is 0 Å². The summed E-state index contributed by atoms with van der Waals surface area (Å²) >= 11 is 0. The maximum atomic E-state index is 4.90. The summed E-state index contributed by atoms with van der Waals surface area (Å²) in [5.74, 6) is 0. The van der Waals surface area contributed by atoms with Gasteiger partial charge >= 0.3 is 0 Å². The molecule has 0 unspecified atom stereocenters. The number of nitrogens with zero attached hydrogens (tertiary/aromatic N) is 3. The molecular weight excluding hydrogens is 90.1 g/mol. The molecule has 7 heavy (non-hydrogen) atoms. The molecule has 0 aliphatic heterocycles. The van der Waals surface area contributed by atoms with Crippen LogP contribution in [0.2, 0.25) is 0 Å². The van der Waals surface area contributed by atoms with Crippen molar-refractivity contribution in [1.82, 2.24) is 14.8 Å². The van der Waals surface area contributed by atoms with E-state index in [-0.39, 0.29) is 0 Å². The van der Waals surface area contributed by atoms with Gasteiger partial charge in [-0.1, -0.05) is 6.42 Å². The number of hydrogen-bond donors (Lipinski definition) is 0. The first kappa shape index (κ1) is 3.88. The van der Waals surface area contributed by atoms with Gasteiger partial charge in [-0.3, -0.25) is 0 Å². The second kappa shape index (κ2) is 1.43. The van der Waals surface area contributed by atoms with Crippen LogP contribution in [0, 0.1) is 12.5 Å². The lowest BCUT2D eigenvalue weighted by molar-refractivity contribution is 0.917. The van der Waals surface area contributed by atoms with Crippen molar-refractivity contribution in [3.05, 3.63) is 12.7 Å². The lowest BCUT2D eigenvalue weighted by Crippen LogP contribution is -1.84. The van der Waals surface area contributed by atoms with Crippen molar-refractivity contribution in [1.29, 1.82) is 0 Å². The largest absolute Gasteiger partial charge is 0.222 e. The van der Waals surface area contributed by atoms with Gasteiger partial charge in [-0.2, -0.15) is 4.68 Å². The van der Waals surface area contributed by atoms with Crippen molar-refractivity contribution in [2.75, 3.05) is 0 Å². The van der Waals surface area contributed by atoms with Crippen molar-refractivity contribution in [2.45, 2.75) is 0 Å². The van der Waals surface area contributed by atoms with E-state index >= 15 is 0 Å². The summed E-state index contributed by atoms with van der Waals surface area (Å²) in [7, 11) is 0. The van der Waals surface area contributed by atoms with Crippen molar-refractivity contribution >= 4 is 0 Å². The highest BCUT2D eigenvalue weighted by atomic mass is 15.3. The van der Waals surface area contributed by atoms with Gasteiger partial charge in [-0.15, -0.1) is 5.10 Å². The smallest absolute Gasteiger partial charge is 0.138 e. The predicted octanol–water partition coefficient (Wildman–Crippen LogP) is -0.283. The Morgan fingerprint density at radius 1 is 1.71 bits per heavy atom. The Bertz CT molecular complexity index is 169. The molecular formula is C4H3N3. The zero-order valence-corrected chi connectivity index (χ0v) is 3.57. The predicted molar refractivity (Wildman–Crippen MR) is 24.3 cm³/mol. The molecule has 0 aliphatic carbocycles. The third-order valence-electron chi connectivity index (χ3n) is 0.551. The fourth-order valence-corrected chi connectivity index (χ4v) is 0.275. The molecule has 0 aromatic carbocycles. The Balaban J connectivity index is 3.04. The Kier molecular flexibility index (Phi) is 0.794. The van der Waals surface area contributed by atoms with E-state index in [0.29, 0.717) is 0 Å². The number of hydrogen-bond acceptors (Lipinski definition) is 2. The van der Waals surface area contributed by atoms with Gasteiger partial charge in [0.25, 0.3) is 0 Å². The Morgan fingerprint density at radius 2 is 2.57 bits per heavy atom. The van der Waals surface area contributed by atoms with E-state index in [4.69, 9.17) is 6.42 Å². The molecule has 0 spiro atoms. The van der Waals surface area contributed by atoms with Crippen molar-refractivity contribution in [3.63, 3.8) is 0 Å². The molecule has 1 rings (SSSR count). The standard InChI is InChI=1S/C4H3N3/c1-2-7-4-5-3-6-7/h1,3-4H. The maximum Gasteiger partial charge on any atom is 0.138 e. The van der Waals surface area contributed by atoms with Crippen LogP contribution < -0.4 is 0 Å². The van der Waals surface area contributed by atoms with Gasteiger partial charge in [0.05, 0.1) is 0 Å². The average molecular weight is 93.1 g/mol. The van der Waals surface area contributed by atoms with Crippen LogP contribution in [-0.2, 0) is 0 Å². The van der Waals surface area contributed by atoms with E-state index in [2.05, 4.69) is 16.1 Å². The Hall–Kier alpha value is -1.30. The van der Waals surface area contributed by atoms with Gasteiger partial charge in [0, 0.05) is 6.04 Å². The SMILES string of the molecule is C#Cn1cncn1. The van der Waals surface area contributed by atoms with E-state index in [1.54, 1.807) is 0 Å². The van der Waals surface area contributed by atoms with Crippen LogP contribution in [0.5, 0.6) is 0 Å². The first-order valence-electron chi connectivity index (χ1n) is 1.75. The van der Waals surface area contributed by atoms with Gasteiger partial charge in [-0.25, -0.2) is 4.98 Å². The molecule has 0 bridgehead atoms. The Labute approximate surface area is 41.0 Å². The minimum Gasteiger partial charge on any atom is -0.222 e. The summed E-state index contributed by atoms with van der Waals surface area (Å²) < 4.78 is 1.29. The third kappa shape index (κ3) is 0.578. The molecule has 3 nitrogen and oxygen atoms in total. The van der Waals surface area contributed by atoms with E-state index in [0.717, 1.165) is 0 Å². The summed E-state index contributed by atoms with van der Waals surface area (Å²) in [5.41, 5.74) is 0. The number of terminal acetylenes is 1. The van der Waals surface area contributed by atoms with Crippen LogP contribution in [0.3, 0.4) is 0 Å². The topological polar surface area (TPSA) is 30.7 Å². The van der Waals surface area contributed by atoms with Crippen LogP contribution in [0.25, 0.3) is 0 Å². The molecule has 1 heterocycles. The molecule has 0 amide bonds. The molecule has 0 aliphatic rings. The number of aromatic nitrogens is 3. The zero-order chi connectivity index (χ0) is 5.11. The highest BCUT2D eigenvalue weighted by molar-refractivity contribution is 4.84. The molecule has 0 saturated heterocycles. The second-order valence-corrected chi connectivity index (χ2v) is 0.969. The van der Waals surface area contributed by atoms with Crippen molar-refractivity contribution in [2.24, 2.45) is 0 Å². The minimum absolute atomic E-state index is 1.29. The first-order chi connectivity index (χ1) is 3.43. The molecule has 0 atom stereocenters. The van der Waals surface area contributed by atoms with Crippen LogP contribution in [-0.4, -0.2) is 14.8 Å². The Morgan fingerprint density at radius 3 is 2.86 bits per heavy atom. The van der Waals surface area contributed by atoms with E-state index in [9.17, 15) is 0 Å². The summed E-state index contributed by atoms with van der Waals surface area (Å²) in [6, 6.07) is 2.25. The van der Waals surface area contributed by atoms with Gasteiger partial charge in [0.2, 0.25) is 0 Å². The van der Waals surface area contributed by atoms with Gasteiger partial charge in [0.15, 0.2) is 0 Å². The van der Waals surface area contributed by atoms with Gasteiger partial charge in [-0.05, 0) is 0 Å². The maximum absolute atomic E-state index is 4.90. The van der Waals surface area contributed by atoms with Crippen LogP contribution in [0.15, 0.2) is 12.7 Å². The summed E-state index contributed by atoms with van der Waals surface area (Å²) in [6.45, 7) is 0. The monoisotopic (exact) mass is 93.0 g/mol. The third-order valence-corrected chi connectivity index (χ3v) is 0.551. The summed E-state index contributed by atoms with van der Waals surface area (Å²) in [4.78, 5) is 3.60. The van der Waals surface area contributed by atoms with Gasteiger partial charge < -0.3 is 0 Å². The lowest BCUT2D eigenvalue weighted by Gasteiger charge is -1.73. The summed E-state index contributed by atoms with van der Waals surface area (Å²) in [5, 5.41) is 3.60. The zero-order valence-electron chi connectivity index (χ0n) is 3.57. The van der Waals surface area contributed by atoms with Crippen molar-refractivity contribution < 1.29 is 0 Å². The highest BCUT2D eigenvalue weighted by Crippen LogP contribution is 1.68. The molecule has 0 radical (unpaired) electrons. The molecule has 0 saturated carbocycles. The second-order valence-electron chi connectivity index (χ2n) is 0.969. The normalized spacial score (nSPS) is 7.86. The average Bonchev–Trinajstić information content (AvgIpc) is 2.14. The van der Waals surface area contributed by atoms with E-state index in [1.165, 1.54) is 17.3 Å². The molecule has 34 valence electrons. The minimum atomic E-state index is 1.29. The highest BCUT2D eigenvalue weighted by Gasteiger charge is 1.75. The quantitative estimate of drug-likeness (QED) is 0.413. The molecule has 1 aromatic rings. The molecule has 3 heteroatoms. The lowest BCUT2D eigenvalue weighted by atomic mass is 11.1.